The molecule has 2 nitrogen and oxygen atoms in total. The van der Waals surface area contributed by atoms with Crippen LogP contribution in [0.4, 0.5) is 0 Å². The molecule has 92 valence electrons. The fourth-order valence-corrected chi connectivity index (χ4v) is 3.82. The van der Waals surface area contributed by atoms with Crippen molar-refractivity contribution in [2.75, 3.05) is 0 Å². The molecule has 5 heteroatoms. The number of halogens is 2. The third-order valence-corrected chi connectivity index (χ3v) is 4.90. The lowest BCUT2D eigenvalue weighted by atomic mass is 10.0. The first kappa shape index (κ1) is 12.3. The Morgan fingerprint density at radius 1 is 1.33 bits per heavy atom. The standard InChI is InChI=1S/C13H9BrClNOS/c14-7-4-5-9(15)8(6-7)13-16-12-10(17)2-1-3-11(12)18-13/h4-6H,1-3H2. The van der Waals surface area contributed by atoms with E-state index < -0.39 is 0 Å². The minimum absolute atomic E-state index is 0.157. The van der Waals surface area contributed by atoms with Gasteiger partial charge in [-0.2, -0.15) is 0 Å². The van der Waals surface area contributed by atoms with E-state index in [0.717, 1.165) is 32.8 Å². The van der Waals surface area contributed by atoms with Gasteiger partial charge >= 0.3 is 0 Å². The Kier molecular flexibility index (Phi) is 3.26. The van der Waals surface area contributed by atoms with Crippen molar-refractivity contribution >= 4 is 44.7 Å². The number of aryl methyl sites for hydroxylation is 1. The predicted molar refractivity (Wildman–Crippen MR) is 77.5 cm³/mol. The van der Waals surface area contributed by atoms with Crippen LogP contribution >= 0.6 is 38.9 Å². The molecule has 2 aromatic rings. The highest BCUT2D eigenvalue weighted by Gasteiger charge is 2.23. The summed E-state index contributed by atoms with van der Waals surface area (Å²) in [6.45, 7) is 0. The molecule has 0 spiro atoms. The van der Waals surface area contributed by atoms with E-state index in [9.17, 15) is 4.79 Å². The molecule has 0 unspecified atom stereocenters. The first-order chi connectivity index (χ1) is 8.65. The van der Waals surface area contributed by atoms with E-state index in [0.29, 0.717) is 17.1 Å². The smallest absolute Gasteiger partial charge is 0.182 e. The molecule has 0 aliphatic heterocycles. The fourth-order valence-electron chi connectivity index (χ4n) is 2.04. The fraction of sp³-hybridized carbons (Fsp3) is 0.231. The largest absolute Gasteiger partial charge is 0.292 e. The van der Waals surface area contributed by atoms with Gasteiger partial charge in [-0.1, -0.05) is 27.5 Å². The normalized spacial score (nSPS) is 14.7. The predicted octanol–water partition coefficient (Wildman–Crippen LogP) is 4.75. The number of carbonyl (C=O) groups is 1. The van der Waals surface area contributed by atoms with Crippen LogP contribution in [0.15, 0.2) is 22.7 Å². The van der Waals surface area contributed by atoms with Gasteiger partial charge in [0.15, 0.2) is 5.78 Å². The van der Waals surface area contributed by atoms with Crippen molar-refractivity contribution in [3.05, 3.63) is 38.3 Å². The summed E-state index contributed by atoms with van der Waals surface area (Å²) in [5.74, 6) is 0.157. The van der Waals surface area contributed by atoms with Crippen LogP contribution in [0.1, 0.15) is 28.2 Å². The summed E-state index contributed by atoms with van der Waals surface area (Å²) in [7, 11) is 0. The van der Waals surface area contributed by atoms with Crippen LogP contribution in [0.3, 0.4) is 0 Å². The van der Waals surface area contributed by atoms with Gasteiger partial charge in [-0.25, -0.2) is 4.98 Å². The lowest BCUT2D eigenvalue weighted by Crippen LogP contribution is -2.08. The summed E-state index contributed by atoms with van der Waals surface area (Å²) in [4.78, 5) is 17.3. The zero-order valence-corrected chi connectivity index (χ0v) is 12.5. The molecular formula is C13H9BrClNOS. The molecule has 0 atom stereocenters. The summed E-state index contributed by atoms with van der Waals surface area (Å²) in [6.07, 6.45) is 2.49. The van der Waals surface area contributed by atoms with E-state index in [1.165, 1.54) is 0 Å². The molecule has 1 aliphatic carbocycles. The molecule has 0 radical (unpaired) electrons. The number of hydrogen-bond donors (Lipinski definition) is 0. The van der Waals surface area contributed by atoms with Crippen LogP contribution in [0.2, 0.25) is 5.02 Å². The molecule has 1 aromatic heterocycles. The lowest BCUT2D eigenvalue weighted by Gasteiger charge is -2.06. The number of Topliss-reactive ketones (excluding diaryl/α,β-unsaturated/α-hetero) is 1. The van der Waals surface area contributed by atoms with E-state index in [-0.39, 0.29) is 5.78 Å². The lowest BCUT2D eigenvalue weighted by molar-refractivity contribution is 0.0968. The van der Waals surface area contributed by atoms with E-state index in [2.05, 4.69) is 20.9 Å². The van der Waals surface area contributed by atoms with Crippen LogP contribution in [-0.2, 0) is 6.42 Å². The molecule has 0 saturated carbocycles. The van der Waals surface area contributed by atoms with Crippen molar-refractivity contribution in [2.45, 2.75) is 19.3 Å². The summed E-state index contributed by atoms with van der Waals surface area (Å²) in [5.41, 5.74) is 1.54. The molecule has 0 fully saturated rings. The first-order valence-corrected chi connectivity index (χ1v) is 7.62. The van der Waals surface area contributed by atoms with Gasteiger partial charge in [0.1, 0.15) is 10.7 Å². The molecule has 1 heterocycles. The number of carbonyl (C=O) groups excluding carboxylic acids is 1. The van der Waals surface area contributed by atoms with E-state index in [1.54, 1.807) is 11.3 Å². The summed E-state index contributed by atoms with van der Waals surface area (Å²) in [5, 5.41) is 1.50. The third kappa shape index (κ3) is 2.13. The highest BCUT2D eigenvalue weighted by Crippen LogP contribution is 2.37. The summed E-state index contributed by atoms with van der Waals surface area (Å²) in [6, 6.07) is 5.67. The first-order valence-electron chi connectivity index (χ1n) is 5.63. The summed E-state index contributed by atoms with van der Waals surface area (Å²) < 4.78 is 0.960. The Morgan fingerprint density at radius 2 is 2.17 bits per heavy atom. The number of benzene rings is 1. The number of ketones is 1. The second kappa shape index (κ2) is 4.76. The second-order valence-corrected chi connectivity index (χ2v) is 6.60. The van der Waals surface area contributed by atoms with Crippen LogP contribution in [0.25, 0.3) is 10.6 Å². The monoisotopic (exact) mass is 341 g/mol. The molecule has 3 rings (SSSR count). The zero-order chi connectivity index (χ0) is 12.7. The number of hydrogen-bond acceptors (Lipinski definition) is 3. The minimum Gasteiger partial charge on any atom is -0.292 e. The van der Waals surface area contributed by atoms with Crippen LogP contribution in [-0.4, -0.2) is 10.8 Å². The number of rotatable bonds is 1. The van der Waals surface area contributed by atoms with Crippen LogP contribution in [0, 0.1) is 0 Å². The Balaban J connectivity index is 2.13. The average Bonchev–Trinajstić information content (AvgIpc) is 2.77. The van der Waals surface area contributed by atoms with Crippen molar-refractivity contribution in [3.63, 3.8) is 0 Å². The zero-order valence-electron chi connectivity index (χ0n) is 9.37. The molecule has 18 heavy (non-hydrogen) atoms. The van der Waals surface area contributed by atoms with Crippen molar-refractivity contribution in [2.24, 2.45) is 0 Å². The highest BCUT2D eigenvalue weighted by molar-refractivity contribution is 9.10. The molecule has 0 amide bonds. The molecule has 0 bridgehead atoms. The van der Waals surface area contributed by atoms with Crippen molar-refractivity contribution < 1.29 is 4.79 Å². The second-order valence-electron chi connectivity index (χ2n) is 4.19. The van der Waals surface area contributed by atoms with Gasteiger partial charge in [-0.15, -0.1) is 11.3 Å². The maximum atomic E-state index is 11.8. The van der Waals surface area contributed by atoms with E-state index in [4.69, 9.17) is 11.6 Å². The Hall–Kier alpha value is -0.710. The Morgan fingerprint density at radius 3 is 2.94 bits per heavy atom. The Labute approximate surface area is 122 Å². The van der Waals surface area contributed by atoms with Gasteiger partial charge in [0.2, 0.25) is 0 Å². The molecule has 1 aliphatic rings. The van der Waals surface area contributed by atoms with Gasteiger partial charge < -0.3 is 0 Å². The topological polar surface area (TPSA) is 30.0 Å². The quantitative estimate of drug-likeness (QED) is 0.749. The molecular weight excluding hydrogens is 334 g/mol. The molecule has 0 N–H and O–H groups in total. The number of thiazole rings is 1. The van der Waals surface area contributed by atoms with Gasteiger partial charge in [-0.3, -0.25) is 4.79 Å². The van der Waals surface area contributed by atoms with Gasteiger partial charge in [0, 0.05) is 21.3 Å². The number of nitrogens with zero attached hydrogens (tertiary/aromatic N) is 1. The summed E-state index contributed by atoms with van der Waals surface area (Å²) >= 11 is 11.2. The SMILES string of the molecule is O=C1CCCc2sc(-c3cc(Br)ccc3Cl)nc21. The van der Waals surface area contributed by atoms with Gasteiger partial charge in [0.25, 0.3) is 0 Å². The minimum atomic E-state index is 0.157. The maximum absolute atomic E-state index is 11.8. The molecule has 1 aromatic carbocycles. The van der Waals surface area contributed by atoms with Crippen molar-refractivity contribution in [1.29, 1.82) is 0 Å². The van der Waals surface area contributed by atoms with Crippen molar-refractivity contribution in [1.82, 2.24) is 4.98 Å². The molecule has 0 saturated heterocycles. The third-order valence-electron chi connectivity index (χ3n) is 2.93. The highest BCUT2D eigenvalue weighted by atomic mass is 79.9. The van der Waals surface area contributed by atoms with Crippen LogP contribution < -0.4 is 0 Å². The van der Waals surface area contributed by atoms with Gasteiger partial charge in [-0.05, 0) is 31.0 Å². The van der Waals surface area contributed by atoms with Crippen LogP contribution in [0.5, 0.6) is 0 Å². The van der Waals surface area contributed by atoms with E-state index in [1.807, 2.05) is 18.2 Å². The Bertz CT molecular complexity index is 638. The number of fused-ring (bicyclic) bond motifs is 1. The maximum Gasteiger partial charge on any atom is 0.182 e. The number of aromatic nitrogens is 1. The average molecular weight is 343 g/mol. The van der Waals surface area contributed by atoms with Crippen molar-refractivity contribution in [3.8, 4) is 10.6 Å². The van der Waals surface area contributed by atoms with Gasteiger partial charge in [0.05, 0.1) is 5.02 Å². The van der Waals surface area contributed by atoms with E-state index >= 15 is 0 Å².